The fourth-order valence-corrected chi connectivity index (χ4v) is 3.16. The van der Waals surface area contributed by atoms with E-state index < -0.39 is 17.9 Å². The van der Waals surface area contributed by atoms with Gasteiger partial charge in [-0.2, -0.15) is 0 Å². The molecule has 30 heavy (non-hydrogen) atoms. The van der Waals surface area contributed by atoms with E-state index >= 15 is 0 Å². The van der Waals surface area contributed by atoms with Gasteiger partial charge in [0.15, 0.2) is 12.4 Å². The molecule has 0 saturated carbocycles. The zero-order valence-electron chi connectivity index (χ0n) is 17.1. The van der Waals surface area contributed by atoms with Crippen molar-refractivity contribution in [2.24, 2.45) is 5.92 Å². The van der Waals surface area contributed by atoms with Crippen molar-refractivity contribution < 1.29 is 23.5 Å². The maximum absolute atomic E-state index is 12.5. The molecule has 1 N–H and O–H groups in total. The van der Waals surface area contributed by atoms with Crippen molar-refractivity contribution in [3.8, 4) is 0 Å². The molecular formula is C21H26N4O5. The monoisotopic (exact) mass is 414 g/mol. The molecule has 2 aromatic rings. The number of pyridine rings is 1. The minimum absolute atomic E-state index is 0.107. The first-order chi connectivity index (χ1) is 14.5. The van der Waals surface area contributed by atoms with Crippen LogP contribution in [-0.4, -0.2) is 66.5 Å². The number of piperazine rings is 1. The third-order valence-electron chi connectivity index (χ3n) is 4.90. The molecule has 2 aromatic heterocycles. The number of carbonyl (C=O) groups excluding carboxylic acids is 3. The van der Waals surface area contributed by atoms with Crippen LogP contribution < -0.4 is 10.2 Å². The highest BCUT2D eigenvalue weighted by Gasteiger charge is 2.29. The summed E-state index contributed by atoms with van der Waals surface area (Å²) in [5, 5.41) is 2.60. The molecule has 2 amide bonds. The Balaban J connectivity index is 1.47. The predicted molar refractivity (Wildman–Crippen MR) is 109 cm³/mol. The van der Waals surface area contributed by atoms with Crippen LogP contribution in [0.5, 0.6) is 0 Å². The lowest BCUT2D eigenvalue weighted by atomic mass is 10.0. The molecule has 9 nitrogen and oxygen atoms in total. The molecule has 0 bridgehead atoms. The minimum Gasteiger partial charge on any atom is -0.459 e. The third-order valence-corrected chi connectivity index (χ3v) is 4.90. The van der Waals surface area contributed by atoms with Gasteiger partial charge in [-0.1, -0.05) is 19.9 Å². The summed E-state index contributed by atoms with van der Waals surface area (Å²) in [6, 6.07) is 7.93. The smallest absolute Gasteiger partial charge is 0.329 e. The molecule has 0 spiro atoms. The summed E-state index contributed by atoms with van der Waals surface area (Å²) in [6.45, 7) is 5.57. The summed E-state index contributed by atoms with van der Waals surface area (Å²) in [5.74, 6) is -0.645. The molecule has 9 heteroatoms. The Kier molecular flexibility index (Phi) is 7.05. The quantitative estimate of drug-likeness (QED) is 0.681. The van der Waals surface area contributed by atoms with Crippen LogP contribution in [0.1, 0.15) is 24.4 Å². The maximum atomic E-state index is 12.5. The van der Waals surface area contributed by atoms with E-state index in [2.05, 4.69) is 15.2 Å². The molecule has 160 valence electrons. The Morgan fingerprint density at radius 1 is 1.13 bits per heavy atom. The molecule has 0 unspecified atom stereocenters. The molecule has 0 aliphatic carbocycles. The van der Waals surface area contributed by atoms with Gasteiger partial charge in [0.1, 0.15) is 11.9 Å². The molecule has 1 saturated heterocycles. The number of esters is 1. The predicted octanol–water partition coefficient (Wildman–Crippen LogP) is 1.32. The van der Waals surface area contributed by atoms with Crippen molar-refractivity contribution in [1.29, 1.82) is 0 Å². The van der Waals surface area contributed by atoms with Crippen LogP contribution in [0.3, 0.4) is 0 Å². The largest absolute Gasteiger partial charge is 0.459 e. The average molecular weight is 414 g/mol. The zero-order valence-corrected chi connectivity index (χ0v) is 17.1. The first kappa shape index (κ1) is 21.4. The Morgan fingerprint density at radius 3 is 2.50 bits per heavy atom. The van der Waals surface area contributed by atoms with Gasteiger partial charge >= 0.3 is 5.97 Å². The average Bonchev–Trinajstić information content (AvgIpc) is 3.31. The number of hydrogen-bond acceptors (Lipinski definition) is 7. The van der Waals surface area contributed by atoms with Crippen molar-refractivity contribution in [2.45, 2.75) is 19.9 Å². The molecule has 1 aliphatic rings. The number of nitrogens with one attached hydrogen (secondary N) is 1. The summed E-state index contributed by atoms with van der Waals surface area (Å²) in [6.07, 6.45) is 3.12. The molecule has 3 heterocycles. The van der Waals surface area contributed by atoms with Crippen LogP contribution in [0, 0.1) is 5.92 Å². The van der Waals surface area contributed by atoms with Crippen molar-refractivity contribution in [3.05, 3.63) is 48.6 Å². The Labute approximate surface area is 175 Å². The molecular weight excluding hydrogens is 388 g/mol. The lowest BCUT2D eigenvalue weighted by molar-refractivity contribution is -0.154. The van der Waals surface area contributed by atoms with Crippen LogP contribution in [0.15, 0.2) is 47.2 Å². The van der Waals surface area contributed by atoms with Crippen LogP contribution >= 0.6 is 0 Å². The number of furan rings is 1. The number of aromatic nitrogens is 1. The summed E-state index contributed by atoms with van der Waals surface area (Å²) in [7, 11) is 0. The lowest BCUT2D eigenvalue weighted by Crippen LogP contribution is -2.51. The van der Waals surface area contributed by atoms with Crippen molar-refractivity contribution in [2.75, 3.05) is 37.7 Å². The maximum Gasteiger partial charge on any atom is 0.329 e. The van der Waals surface area contributed by atoms with Gasteiger partial charge in [-0.3, -0.25) is 9.59 Å². The second-order valence-electron chi connectivity index (χ2n) is 7.34. The van der Waals surface area contributed by atoms with Gasteiger partial charge in [-0.25, -0.2) is 9.78 Å². The topological polar surface area (TPSA) is 105 Å². The number of amides is 2. The first-order valence-electron chi connectivity index (χ1n) is 9.90. The fraction of sp³-hybridized carbons (Fsp3) is 0.429. The minimum atomic E-state index is -0.878. The van der Waals surface area contributed by atoms with Gasteiger partial charge < -0.3 is 24.3 Å². The zero-order chi connectivity index (χ0) is 21.5. The third kappa shape index (κ3) is 5.37. The standard InChI is InChI=1S/C21H26N4O5/c1-15(2)19(23-20(27)16-6-5-13-29-16)21(28)30-14-18(26)25-11-9-24(10-12-25)17-7-3-4-8-22-17/h3-8,13,15,19H,9-12,14H2,1-2H3,(H,23,27)/t19-/m0/s1. The fourth-order valence-electron chi connectivity index (χ4n) is 3.16. The lowest BCUT2D eigenvalue weighted by Gasteiger charge is -2.35. The molecule has 1 fully saturated rings. The number of rotatable bonds is 7. The highest BCUT2D eigenvalue weighted by molar-refractivity contribution is 5.94. The van der Waals surface area contributed by atoms with E-state index in [1.807, 2.05) is 18.2 Å². The van der Waals surface area contributed by atoms with Gasteiger partial charge in [0, 0.05) is 32.4 Å². The van der Waals surface area contributed by atoms with E-state index in [0.717, 1.165) is 5.82 Å². The van der Waals surface area contributed by atoms with E-state index in [1.54, 1.807) is 31.0 Å². The van der Waals surface area contributed by atoms with Crippen molar-refractivity contribution in [3.63, 3.8) is 0 Å². The highest BCUT2D eigenvalue weighted by Crippen LogP contribution is 2.13. The van der Waals surface area contributed by atoms with E-state index in [-0.39, 0.29) is 24.2 Å². The van der Waals surface area contributed by atoms with Crippen molar-refractivity contribution in [1.82, 2.24) is 15.2 Å². The number of nitrogens with zero attached hydrogens (tertiary/aromatic N) is 3. The molecule has 1 atom stereocenters. The number of anilines is 1. The van der Waals surface area contributed by atoms with E-state index in [1.165, 1.54) is 12.3 Å². The van der Waals surface area contributed by atoms with E-state index in [0.29, 0.717) is 26.2 Å². The van der Waals surface area contributed by atoms with Crippen LogP contribution in [0.2, 0.25) is 0 Å². The second kappa shape index (κ2) is 9.91. The van der Waals surface area contributed by atoms with Crippen molar-refractivity contribution >= 4 is 23.6 Å². The van der Waals surface area contributed by atoms with Gasteiger partial charge in [0.2, 0.25) is 0 Å². The van der Waals surface area contributed by atoms with Gasteiger partial charge in [-0.15, -0.1) is 0 Å². The summed E-state index contributed by atoms with van der Waals surface area (Å²) in [5.41, 5.74) is 0. The number of carbonyl (C=O) groups is 3. The second-order valence-corrected chi connectivity index (χ2v) is 7.34. The molecule has 3 rings (SSSR count). The van der Waals surface area contributed by atoms with E-state index in [9.17, 15) is 14.4 Å². The summed E-state index contributed by atoms with van der Waals surface area (Å²) in [4.78, 5) is 45.2. The van der Waals surface area contributed by atoms with Crippen LogP contribution in [0.4, 0.5) is 5.82 Å². The van der Waals surface area contributed by atoms with Gasteiger partial charge in [0.05, 0.1) is 6.26 Å². The number of ether oxygens (including phenoxy) is 1. The molecule has 0 radical (unpaired) electrons. The van der Waals surface area contributed by atoms with E-state index in [4.69, 9.17) is 9.15 Å². The van der Waals surface area contributed by atoms with Crippen LogP contribution in [0.25, 0.3) is 0 Å². The first-order valence-corrected chi connectivity index (χ1v) is 9.90. The van der Waals surface area contributed by atoms with Gasteiger partial charge in [-0.05, 0) is 30.2 Å². The highest BCUT2D eigenvalue weighted by atomic mass is 16.5. The normalized spacial score (nSPS) is 15.0. The molecule has 0 aromatic carbocycles. The Morgan fingerprint density at radius 2 is 1.90 bits per heavy atom. The van der Waals surface area contributed by atoms with Gasteiger partial charge in [0.25, 0.3) is 11.8 Å². The van der Waals surface area contributed by atoms with Crippen LogP contribution in [-0.2, 0) is 14.3 Å². The SMILES string of the molecule is CC(C)[C@H](NC(=O)c1ccco1)C(=O)OCC(=O)N1CCN(c2ccccn2)CC1. The Bertz CT molecular complexity index is 846. The molecule has 1 aliphatic heterocycles. The number of hydrogen-bond donors (Lipinski definition) is 1. The Hall–Kier alpha value is -3.36. The summed E-state index contributed by atoms with van der Waals surface area (Å²) < 4.78 is 10.2. The summed E-state index contributed by atoms with van der Waals surface area (Å²) >= 11 is 0.